The minimum absolute atomic E-state index is 0.00334. The number of ether oxygens (including phenoxy) is 16. The highest BCUT2D eigenvalue weighted by atomic mass is 32.2. The number of aliphatic carboxylic acids is 1. The van der Waals surface area contributed by atoms with Gasteiger partial charge in [0.15, 0.2) is 5.96 Å². The van der Waals surface area contributed by atoms with Crippen molar-refractivity contribution in [3.63, 3.8) is 0 Å². The van der Waals surface area contributed by atoms with Crippen LogP contribution in [0.3, 0.4) is 0 Å². The number of nitrogens with zero attached hydrogens (tertiary/aromatic N) is 1. The van der Waals surface area contributed by atoms with Gasteiger partial charge in [0.2, 0.25) is 100 Å². The van der Waals surface area contributed by atoms with E-state index in [-0.39, 0.29) is 293 Å². The Morgan fingerprint density at radius 3 is 1.02 bits per heavy atom. The summed E-state index contributed by atoms with van der Waals surface area (Å²) < 4.78 is 85.8. The molecular weight excluding hydrogens is 1980 g/mol. The molecule has 1 saturated heterocycles. The number of hydrogen-bond donors (Lipinski definition) is 23. The van der Waals surface area contributed by atoms with Crippen molar-refractivity contribution in [2.24, 2.45) is 27.9 Å². The molecule has 0 aliphatic carbocycles. The van der Waals surface area contributed by atoms with Gasteiger partial charge in [-0.1, -0.05) is 30.3 Å². The number of benzene rings is 1. The van der Waals surface area contributed by atoms with E-state index in [1.54, 1.807) is 30.3 Å². The second-order valence-electron chi connectivity index (χ2n) is 30.7. The summed E-state index contributed by atoms with van der Waals surface area (Å²) in [4.78, 5) is 236. The predicted molar refractivity (Wildman–Crippen MR) is 523 cm³/mol. The average molecular weight is 2130 g/mol. The monoisotopic (exact) mass is 2130 g/mol. The lowest BCUT2D eigenvalue weighted by Gasteiger charge is -2.26. The first-order chi connectivity index (χ1) is 70.0. The molecule has 1 aromatic carbocycles. The molecule has 25 N–H and O–H groups in total. The molecule has 824 valence electrons. The Kier molecular flexibility index (Phi) is 78.7. The number of carboxylic acids is 1. The average Bonchev–Trinajstić information content (AvgIpc) is 1.53. The third-order valence-corrected chi connectivity index (χ3v) is 20.5. The molecule has 1 heterocycles. The first-order valence-corrected chi connectivity index (χ1v) is 49.3. The Morgan fingerprint density at radius 1 is 0.359 bits per heavy atom. The van der Waals surface area contributed by atoms with Crippen LogP contribution in [0.5, 0.6) is 0 Å². The molecule has 2 rings (SSSR count). The summed E-state index contributed by atoms with van der Waals surface area (Å²) in [5.74, 6) is -15.2. The highest BCUT2D eigenvalue weighted by Crippen LogP contribution is 2.12. The van der Waals surface area contributed by atoms with Crippen LogP contribution in [0, 0.1) is 0 Å². The smallest absolute Gasteiger partial charge is 0.305 e. The van der Waals surface area contributed by atoms with Crippen molar-refractivity contribution >= 4 is 149 Å². The molecule has 0 saturated carbocycles. The van der Waals surface area contributed by atoms with Crippen molar-refractivity contribution in [2.45, 2.75) is 87.2 Å². The molecule has 1 aromatic rings. The van der Waals surface area contributed by atoms with Gasteiger partial charge in [0.1, 0.15) is 95.1 Å². The fourth-order valence-corrected chi connectivity index (χ4v) is 13.0. The van der Waals surface area contributed by atoms with E-state index in [1.807, 2.05) is 0 Å². The molecule has 1 fully saturated rings. The summed E-state index contributed by atoms with van der Waals surface area (Å²) in [7, 11) is 0. The molecular formula is C86H147N21O35S3. The zero-order valence-electron chi connectivity index (χ0n) is 81.5. The molecule has 1 aliphatic heterocycles. The van der Waals surface area contributed by atoms with Crippen LogP contribution in [0.1, 0.15) is 44.1 Å². The van der Waals surface area contributed by atoms with E-state index in [1.165, 1.54) is 0 Å². The zero-order chi connectivity index (χ0) is 106. The maximum Gasteiger partial charge on any atom is 0.305 e. The Bertz CT molecular complexity index is 3950. The van der Waals surface area contributed by atoms with Crippen LogP contribution >= 0.6 is 37.0 Å². The third kappa shape index (κ3) is 74.0. The van der Waals surface area contributed by atoms with E-state index in [4.69, 9.17) is 98.7 Å². The Morgan fingerprint density at radius 2 is 0.669 bits per heavy atom. The number of nitrogens with one attached hydrogen (secondary N) is 16. The van der Waals surface area contributed by atoms with Gasteiger partial charge in [-0.25, -0.2) is 0 Å². The van der Waals surface area contributed by atoms with Gasteiger partial charge in [-0.2, -0.15) is 25.3 Å². The Labute approximate surface area is 855 Å². The third-order valence-electron chi connectivity index (χ3n) is 18.7. The second-order valence-corrected chi connectivity index (χ2v) is 32.5. The quantitative estimate of drug-likeness (QED) is 0.0125. The predicted octanol–water partition coefficient (Wildman–Crippen LogP) is -12.3. The number of hydrogen-bond acceptors (Lipinski definition) is 39. The summed E-state index contributed by atoms with van der Waals surface area (Å²) in [5.41, 5.74) is 22.1. The van der Waals surface area contributed by atoms with Crippen molar-refractivity contribution in [3.8, 4) is 0 Å². The number of amides is 17. The minimum atomic E-state index is -1.85. The van der Waals surface area contributed by atoms with E-state index >= 15 is 0 Å². The first-order valence-electron chi connectivity index (χ1n) is 46.9. The van der Waals surface area contributed by atoms with E-state index in [0.29, 0.717) is 44.8 Å². The topological polar surface area (TPSA) is 784 Å². The number of nitrogens with two attached hydrogens (primary N) is 4. The number of primary amides is 1. The SMILES string of the molecule is NCCCC[C@@H]1NC(=O)CSC[C@@H](C(=O)NCCOCCOCCOCCNC(=O)COCC(=O)NCCOCCOCCOCCNC(=O)COCC(=O)NCCOCCOCCOCCNC(=O)COCC(=O)NCCOCCOCCOCCNC(=O)COCC(N)=O)NC(=O)[C@H](Cc2ccccc2)NC(=O)[C@H](CS)NC(=O)[C@H](CC(=O)O)NC(=O)CNC(=O)[C@H](CCCN=C(N)N)NC(=O)[C@H](CS)NC1=O. The molecule has 0 aromatic heterocycles. The number of aliphatic imine (C=N–C) groups is 1. The lowest BCUT2D eigenvalue weighted by molar-refractivity contribution is -0.141. The van der Waals surface area contributed by atoms with Gasteiger partial charge in [0, 0.05) is 82.6 Å². The van der Waals surface area contributed by atoms with Gasteiger partial charge in [0.25, 0.3) is 0 Å². The van der Waals surface area contributed by atoms with Gasteiger partial charge < -0.3 is 189 Å². The summed E-state index contributed by atoms with van der Waals surface area (Å²) in [6, 6.07) is -2.04. The number of thiol groups is 2. The van der Waals surface area contributed by atoms with E-state index < -0.39 is 174 Å². The number of unbranched alkanes of at least 4 members (excludes halogenated alkanes) is 1. The molecule has 59 heteroatoms. The summed E-state index contributed by atoms with van der Waals surface area (Å²) in [6.07, 6.45) is -0.375. The molecule has 7 atom stereocenters. The number of rotatable bonds is 79. The van der Waals surface area contributed by atoms with Crippen LogP contribution in [0.25, 0.3) is 0 Å². The fraction of sp³-hybridized carbons (Fsp3) is 0.709. The summed E-state index contributed by atoms with van der Waals surface area (Å²) in [6.45, 7) is 3.14. The van der Waals surface area contributed by atoms with Crippen LogP contribution in [-0.4, -0.2) is 466 Å². The molecule has 145 heavy (non-hydrogen) atoms. The molecule has 56 nitrogen and oxygen atoms in total. The minimum Gasteiger partial charge on any atom is -0.481 e. The van der Waals surface area contributed by atoms with Gasteiger partial charge in [-0.15, -0.1) is 11.8 Å². The lowest BCUT2D eigenvalue weighted by atomic mass is 10.0. The van der Waals surface area contributed by atoms with Crippen molar-refractivity contribution in [3.05, 3.63) is 35.9 Å². The van der Waals surface area contributed by atoms with E-state index in [2.05, 4.69) is 115 Å². The van der Waals surface area contributed by atoms with Crippen LogP contribution in [0.4, 0.5) is 0 Å². The summed E-state index contributed by atoms with van der Waals surface area (Å²) in [5, 5.41) is 50.5. The largest absolute Gasteiger partial charge is 0.481 e. The lowest BCUT2D eigenvalue weighted by Crippen LogP contribution is -2.60. The fourth-order valence-electron chi connectivity index (χ4n) is 11.6. The molecule has 1 aliphatic rings. The Hall–Kier alpha value is -10.7. The summed E-state index contributed by atoms with van der Waals surface area (Å²) >= 11 is 9.38. The van der Waals surface area contributed by atoms with Crippen LogP contribution < -0.4 is 108 Å². The van der Waals surface area contributed by atoms with E-state index in [9.17, 15) is 91.4 Å². The maximum absolute atomic E-state index is 14.5. The number of carbonyl (C=O) groups excluding carboxylic acids is 17. The van der Waals surface area contributed by atoms with Crippen molar-refractivity contribution < 1.29 is 167 Å². The molecule has 0 radical (unpaired) electrons. The molecule has 0 bridgehead atoms. The highest BCUT2D eigenvalue weighted by Gasteiger charge is 2.35. The number of carboxylic acid groups (broad SMARTS) is 1. The first kappa shape index (κ1) is 130. The number of thioether (sulfide) groups is 1. The molecule has 17 amide bonds. The van der Waals surface area contributed by atoms with Crippen molar-refractivity contribution in [2.75, 3.05) is 306 Å². The van der Waals surface area contributed by atoms with E-state index in [0.717, 1.165) is 11.8 Å². The maximum atomic E-state index is 14.5. The Balaban J connectivity index is 1.59. The standard InChI is InChI=1S/C86H147N21O35S3/c87-11-5-4-9-62-81(122)105-65(56-143)84(125)103-61(10-6-12-99-86(89)90)79(120)100-47-69(109)102-64(46-78(118)119)83(124)106-66(57-144)85(126)104-63(45-60-7-2-1-3-8-60)82(123)107-67(58-145-59-77(117)101-62)80(121)98-20-28-134-36-44-138-43-35-133-27-19-97-76(116)55-142-54-75(115)96-18-26-132-34-42-137-41-33-131-25-17-95-74(114)53-141-52-73(113)94-16-24-130-32-40-136-39-31-129-23-15-93-72(112)51-140-50-71(111)92-14-22-128-30-38-135-37-29-127-21-13-91-70(110)49-139-48-68(88)108/h1-3,7-8,61-67,143-144H,4-6,9-59,87H2,(H2,88,108)(H,91,110)(H,92,111)(H,93,112)(H,94,113)(H,95,114)(H,96,115)(H,97,116)(H,98,121)(H,100,120)(H,101,117)(H,102,109)(H,103,125)(H,104,126)(H,105,122)(H,106,124)(H,107,123)(H,118,119)(H4,89,90,99)/t61-,62-,63-,64-,65-,66-,67-/m0/s1. The zero-order valence-corrected chi connectivity index (χ0v) is 84.1. The van der Waals surface area contributed by atoms with Crippen molar-refractivity contribution in [1.29, 1.82) is 0 Å². The normalized spacial score (nSPS) is 16.9. The second kappa shape index (κ2) is 87.5. The van der Waals surface area contributed by atoms with Crippen molar-refractivity contribution in [1.82, 2.24) is 85.1 Å². The molecule has 0 spiro atoms. The van der Waals surface area contributed by atoms with Crippen LogP contribution in [0.2, 0.25) is 0 Å². The highest BCUT2D eigenvalue weighted by molar-refractivity contribution is 8.00. The number of guanidine groups is 1. The van der Waals surface area contributed by atoms with Crippen LogP contribution in [-0.2, 0) is 169 Å². The molecule has 0 unspecified atom stereocenters. The number of carbonyl (C=O) groups is 18. The van der Waals surface area contributed by atoms with Gasteiger partial charge >= 0.3 is 5.97 Å². The van der Waals surface area contributed by atoms with Gasteiger partial charge in [0.05, 0.1) is 177 Å². The van der Waals surface area contributed by atoms with Crippen LogP contribution in [0.15, 0.2) is 35.3 Å². The van der Waals surface area contributed by atoms with Gasteiger partial charge in [-0.05, 0) is 44.2 Å². The van der Waals surface area contributed by atoms with Gasteiger partial charge in [-0.3, -0.25) is 91.3 Å².